The van der Waals surface area contributed by atoms with Crippen molar-refractivity contribution in [1.82, 2.24) is 0 Å². The van der Waals surface area contributed by atoms with E-state index in [1.807, 2.05) is 54.6 Å². The summed E-state index contributed by atoms with van der Waals surface area (Å²) in [6.45, 7) is 0.682. The Morgan fingerprint density at radius 3 is 2.32 bits per heavy atom. The third-order valence-electron chi connectivity index (χ3n) is 3.54. The summed E-state index contributed by atoms with van der Waals surface area (Å²) in [6.07, 6.45) is 0.669. The molecule has 2 aromatic rings. The highest BCUT2D eigenvalue weighted by Gasteiger charge is 2.20. The first-order valence-electron chi connectivity index (χ1n) is 7.25. The van der Waals surface area contributed by atoms with Crippen LogP contribution in [0.3, 0.4) is 0 Å². The number of benzene rings is 2. The van der Waals surface area contributed by atoms with Crippen LogP contribution < -0.4 is 10.1 Å². The normalized spacial score (nSPS) is 11.5. The van der Waals surface area contributed by atoms with Crippen LogP contribution in [-0.2, 0) is 9.53 Å². The summed E-state index contributed by atoms with van der Waals surface area (Å²) in [7, 11) is 3.07. The lowest BCUT2D eigenvalue weighted by atomic mass is 9.96. The highest BCUT2D eigenvalue weighted by molar-refractivity contribution is 5.78. The maximum Gasteiger partial charge on any atom is 0.313 e. The van der Waals surface area contributed by atoms with Gasteiger partial charge >= 0.3 is 5.97 Å². The maximum absolute atomic E-state index is 12.0. The van der Waals surface area contributed by atoms with Crippen LogP contribution in [0.25, 0.3) is 0 Å². The Labute approximate surface area is 131 Å². The molecule has 4 heteroatoms. The molecule has 0 saturated heterocycles. The summed E-state index contributed by atoms with van der Waals surface area (Å²) in [4.78, 5) is 12.0. The van der Waals surface area contributed by atoms with Gasteiger partial charge in [0, 0.05) is 12.2 Å². The molecule has 0 aliphatic heterocycles. The highest BCUT2D eigenvalue weighted by atomic mass is 16.5. The Balaban J connectivity index is 1.95. The fraction of sp³-hybridized carbons (Fsp3) is 0.278. The molecule has 0 aromatic heterocycles. The molecule has 0 aliphatic carbocycles. The molecule has 0 amide bonds. The number of carbonyl (C=O) groups is 1. The van der Waals surface area contributed by atoms with E-state index in [1.165, 1.54) is 7.11 Å². The molecule has 4 nitrogen and oxygen atoms in total. The summed E-state index contributed by atoms with van der Waals surface area (Å²) in [5, 5.41) is 3.31. The lowest BCUT2D eigenvalue weighted by Gasteiger charge is -2.16. The Morgan fingerprint density at radius 2 is 1.73 bits per heavy atom. The zero-order chi connectivity index (χ0) is 15.8. The van der Waals surface area contributed by atoms with Gasteiger partial charge in [-0.25, -0.2) is 0 Å². The van der Waals surface area contributed by atoms with Gasteiger partial charge in [0.25, 0.3) is 0 Å². The molecule has 22 heavy (non-hydrogen) atoms. The number of esters is 1. The molecule has 2 aromatic carbocycles. The molecule has 1 N–H and O–H groups in total. The molecule has 0 bridgehead atoms. The van der Waals surface area contributed by atoms with Crippen LogP contribution in [0.15, 0.2) is 54.6 Å². The zero-order valence-electron chi connectivity index (χ0n) is 12.9. The molecular formula is C18H21NO3. The Bertz CT molecular complexity index is 581. The van der Waals surface area contributed by atoms with Crippen molar-refractivity contribution in [2.24, 2.45) is 0 Å². The van der Waals surface area contributed by atoms with Crippen molar-refractivity contribution in [2.75, 3.05) is 26.1 Å². The van der Waals surface area contributed by atoms with E-state index in [2.05, 4.69) is 5.32 Å². The standard InChI is InChI=1S/C18H21NO3/c1-21-16-10-8-15(9-11-16)19-13-12-17(18(20)22-2)14-6-4-3-5-7-14/h3-11,17,19H,12-13H2,1-2H3/t17-/m0/s1. The first kappa shape index (κ1) is 15.9. The van der Waals surface area contributed by atoms with Crippen molar-refractivity contribution < 1.29 is 14.3 Å². The minimum atomic E-state index is -0.253. The molecule has 0 fully saturated rings. The zero-order valence-corrected chi connectivity index (χ0v) is 12.9. The van der Waals surface area contributed by atoms with Crippen molar-refractivity contribution in [3.8, 4) is 5.75 Å². The monoisotopic (exact) mass is 299 g/mol. The Hall–Kier alpha value is -2.49. The van der Waals surface area contributed by atoms with Gasteiger partial charge in [-0.15, -0.1) is 0 Å². The smallest absolute Gasteiger partial charge is 0.313 e. The third-order valence-corrected chi connectivity index (χ3v) is 3.54. The Morgan fingerprint density at radius 1 is 1.05 bits per heavy atom. The summed E-state index contributed by atoms with van der Waals surface area (Å²) < 4.78 is 10.0. The number of anilines is 1. The maximum atomic E-state index is 12.0. The second-order valence-electron chi connectivity index (χ2n) is 4.93. The Kier molecular flexibility index (Phi) is 5.83. The van der Waals surface area contributed by atoms with Gasteiger partial charge < -0.3 is 14.8 Å². The van der Waals surface area contributed by atoms with Crippen molar-refractivity contribution >= 4 is 11.7 Å². The first-order chi connectivity index (χ1) is 10.7. The van der Waals surface area contributed by atoms with Gasteiger partial charge in [-0.2, -0.15) is 0 Å². The van der Waals surface area contributed by atoms with Crippen molar-refractivity contribution in [3.05, 3.63) is 60.2 Å². The predicted molar refractivity (Wildman–Crippen MR) is 87.3 cm³/mol. The molecule has 0 unspecified atom stereocenters. The number of rotatable bonds is 7. The van der Waals surface area contributed by atoms with Gasteiger partial charge in [0.2, 0.25) is 0 Å². The second kappa shape index (κ2) is 8.08. The summed E-state index contributed by atoms with van der Waals surface area (Å²) in [5.74, 6) is 0.363. The van der Waals surface area contributed by atoms with Gasteiger partial charge in [0.15, 0.2) is 0 Å². The number of nitrogens with one attached hydrogen (secondary N) is 1. The van der Waals surface area contributed by atoms with Crippen LogP contribution in [0.4, 0.5) is 5.69 Å². The van der Waals surface area contributed by atoms with E-state index in [-0.39, 0.29) is 11.9 Å². The van der Waals surface area contributed by atoms with E-state index in [1.54, 1.807) is 7.11 Å². The van der Waals surface area contributed by atoms with Gasteiger partial charge in [-0.1, -0.05) is 30.3 Å². The van der Waals surface area contributed by atoms with E-state index >= 15 is 0 Å². The van der Waals surface area contributed by atoms with E-state index in [0.29, 0.717) is 13.0 Å². The van der Waals surface area contributed by atoms with Gasteiger partial charge in [-0.05, 0) is 36.2 Å². The number of ether oxygens (including phenoxy) is 2. The van der Waals surface area contributed by atoms with Crippen molar-refractivity contribution in [2.45, 2.75) is 12.3 Å². The van der Waals surface area contributed by atoms with Crippen LogP contribution in [0, 0.1) is 0 Å². The average Bonchev–Trinajstić information content (AvgIpc) is 2.59. The molecule has 2 rings (SSSR count). The van der Waals surface area contributed by atoms with Gasteiger partial charge in [-0.3, -0.25) is 4.79 Å². The number of hydrogen-bond acceptors (Lipinski definition) is 4. The van der Waals surface area contributed by atoms with E-state index in [9.17, 15) is 4.79 Å². The van der Waals surface area contributed by atoms with E-state index in [4.69, 9.17) is 9.47 Å². The highest BCUT2D eigenvalue weighted by Crippen LogP contribution is 2.22. The molecule has 0 radical (unpaired) electrons. The topological polar surface area (TPSA) is 47.6 Å². The quantitative estimate of drug-likeness (QED) is 0.795. The molecule has 0 saturated carbocycles. The fourth-order valence-corrected chi connectivity index (χ4v) is 2.32. The summed E-state index contributed by atoms with van der Waals surface area (Å²) in [6, 6.07) is 17.4. The number of methoxy groups -OCH3 is 2. The van der Waals surface area contributed by atoms with Crippen molar-refractivity contribution in [1.29, 1.82) is 0 Å². The minimum absolute atomic E-state index is 0.206. The summed E-state index contributed by atoms with van der Waals surface area (Å²) >= 11 is 0. The molecule has 116 valence electrons. The van der Waals surface area contributed by atoms with Crippen LogP contribution in [0.2, 0.25) is 0 Å². The van der Waals surface area contributed by atoms with Crippen LogP contribution in [0.1, 0.15) is 17.9 Å². The lowest BCUT2D eigenvalue weighted by Crippen LogP contribution is -2.18. The molecule has 1 atom stereocenters. The molecule has 0 heterocycles. The number of carbonyl (C=O) groups excluding carboxylic acids is 1. The molecule has 0 spiro atoms. The van der Waals surface area contributed by atoms with Crippen LogP contribution >= 0.6 is 0 Å². The largest absolute Gasteiger partial charge is 0.497 e. The second-order valence-corrected chi connectivity index (χ2v) is 4.93. The van der Waals surface area contributed by atoms with E-state index in [0.717, 1.165) is 17.0 Å². The van der Waals surface area contributed by atoms with Crippen LogP contribution in [-0.4, -0.2) is 26.7 Å². The number of hydrogen-bond donors (Lipinski definition) is 1. The van der Waals surface area contributed by atoms with Crippen molar-refractivity contribution in [3.63, 3.8) is 0 Å². The third kappa shape index (κ3) is 4.25. The lowest BCUT2D eigenvalue weighted by molar-refractivity contribution is -0.142. The minimum Gasteiger partial charge on any atom is -0.497 e. The average molecular weight is 299 g/mol. The fourth-order valence-electron chi connectivity index (χ4n) is 2.32. The predicted octanol–water partition coefficient (Wildman–Crippen LogP) is 3.45. The SMILES string of the molecule is COC(=O)[C@@H](CCNc1ccc(OC)cc1)c1ccccc1. The van der Waals surface area contributed by atoms with Gasteiger partial charge in [0.05, 0.1) is 20.1 Å². The molecular weight excluding hydrogens is 278 g/mol. The van der Waals surface area contributed by atoms with Crippen LogP contribution in [0.5, 0.6) is 5.75 Å². The first-order valence-corrected chi connectivity index (χ1v) is 7.25. The van der Waals surface area contributed by atoms with Gasteiger partial charge in [0.1, 0.15) is 5.75 Å². The van der Waals surface area contributed by atoms with E-state index < -0.39 is 0 Å². The summed E-state index contributed by atoms with van der Waals surface area (Å²) in [5.41, 5.74) is 1.98. The molecule has 0 aliphatic rings.